The highest BCUT2D eigenvalue weighted by Crippen LogP contribution is 2.35. The molecule has 0 bridgehead atoms. The lowest BCUT2D eigenvalue weighted by atomic mass is 9.98. The fraction of sp³-hybridized carbons (Fsp3) is 0.125. The van der Waals surface area contributed by atoms with Gasteiger partial charge in [-0.05, 0) is 53.9 Å². The Morgan fingerprint density at radius 2 is 1.90 bits per heavy atom. The summed E-state index contributed by atoms with van der Waals surface area (Å²) in [4.78, 5) is 12.8. The van der Waals surface area contributed by atoms with Gasteiger partial charge in [-0.15, -0.1) is 0 Å². The molecule has 0 saturated heterocycles. The maximum absolute atomic E-state index is 12.8. The smallest absolute Gasteiger partial charge is 0.255 e. The molecule has 1 aromatic heterocycles. The molecule has 146 valence electrons. The van der Waals surface area contributed by atoms with Gasteiger partial charge in [0, 0.05) is 22.5 Å². The molecule has 5 heteroatoms. The van der Waals surface area contributed by atoms with Crippen LogP contribution in [0.5, 0.6) is 5.75 Å². The van der Waals surface area contributed by atoms with E-state index in [-0.39, 0.29) is 5.91 Å². The number of amides is 1. The molecule has 0 unspecified atom stereocenters. The van der Waals surface area contributed by atoms with Crippen LogP contribution in [0.1, 0.15) is 21.5 Å². The molecular weight excluding hydrogens is 386 g/mol. The van der Waals surface area contributed by atoms with Crippen LogP contribution in [0.2, 0.25) is 5.02 Å². The minimum atomic E-state index is -0.192. The second-order valence-electron chi connectivity index (χ2n) is 6.83. The van der Waals surface area contributed by atoms with E-state index in [0.29, 0.717) is 22.7 Å². The maximum atomic E-state index is 12.8. The summed E-state index contributed by atoms with van der Waals surface area (Å²) in [6, 6.07) is 18.9. The third-order valence-electron chi connectivity index (χ3n) is 4.91. The number of benzene rings is 3. The Hall–Kier alpha value is -3.24. The molecule has 0 aliphatic heterocycles. The summed E-state index contributed by atoms with van der Waals surface area (Å²) in [7, 11) is 1.65. The first-order chi connectivity index (χ1) is 14.1. The van der Waals surface area contributed by atoms with Crippen LogP contribution in [0.15, 0.2) is 71.3 Å². The number of ether oxygens (including phenoxy) is 1. The first-order valence-electron chi connectivity index (χ1n) is 9.24. The van der Waals surface area contributed by atoms with Crippen molar-refractivity contribution in [1.82, 2.24) is 5.32 Å². The SMILES string of the molecule is COc1ccc(-c2coc3c(C(=O)NCc4cccc(Cl)c4)cccc23)c(C)c1. The largest absolute Gasteiger partial charge is 0.497 e. The van der Waals surface area contributed by atoms with E-state index in [0.717, 1.165) is 33.4 Å². The Morgan fingerprint density at radius 3 is 2.66 bits per heavy atom. The minimum Gasteiger partial charge on any atom is -0.497 e. The number of carbonyl (C=O) groups excluding carboxylic acids is 1. The van der Waals surface area contributed by atoms with Crippen molar-refractivity contribution in [2.45, 2.75) is 13.5 Å². The topological polar surface area (TPSA) is 51.5 Å². The fourth-order valence-corrected chi connectivity index (χ4v) is 3.65. The zero-order chi connectivity index (χ0) is 20.4. The molecule has 0 saturated carbocycles. The Balaban J connectivity index is 1.64. The van der Waals surface area contributed by atoms with E-state index in [1.807, 2.05) is 55.5 Å². The number of fused-ring (bicyclic) bond motifs is 1. The first kappa shape index (κ1) is 19.1. The van der Waals surface area contributed by atoms with E-state index in [1.165, 1.54) is 0 Å². The van der Waals surface area contributed by atoms with Gasteiger partial charge in [0.1, 0.15) is 11.3 Å². The number of rotatable bonds is 5. The molecule has 0 aliphatic rings. The lowest BCUT2D eigenvalue weighted by Crippen LogP contribution is -2.22. The molecule has 1 N–H and O–H groups in total. The number of nitrogens with one attached hydrogen (secondary N) is 1. The third-order valence-corrected chi connectivity index (χ3v) is 5.15. The monoisotopic (exact) mass is 405 g/mol. The van der Waals surface area contributed by atoms with E-state index < -0.39 is 0 Å². The highest BCUT2D eigenvalue weighted by Gasteiger charge is 2.17. The number of aryl methyl sites for hydroxylation is 1. The lowest BCUT2D eigenvalue weighted by molar-refractivity contribution is 0.0951. The zero-order valence-corrected chi connectivity index (χ0v) is 16.9. The number of para-hydroxylation sites is 1. The van der Waals surface area contributed by atoms with Crippen molar-refractivity contribution < 1.29 is 13.9 Å². The van der Waals surface area contributed by atoms with Crippen molar-refractivity contribution in [1.29, 1.82) is 0 Å². The average Bonchev–Trinajstić information content (AvgIpc) is 3.16. The predicted octanol–water partition coefficient (Wildman–Crippen LogP) is 6.00. The summed E-state index contributed by atoms with van der Waals surface area (Å²) in [5.74, 6) is 0.614. The predicted molar refractivity (Wildman–Crippen MR) is 116 cm³/mol. The minimum absolute atomic E-state index is 0.192. The highest BCUT2D eigenvalue weighted by molar-refractivity contribution is 6.30. The molecule has 0 atom stereocenters. The van der Waals surface area contributed by atoms with Crippen molar-refractivity contribution in [3.63, 3.8) is 0 Å². The van der Waals surface area contributed by atoms with Crippen molar-refractivity contribution in [2.24, 2.45) is 0 Å². The molecular formula is C24H20ClNO3. The van der Waals surface area contributed by atoms with Crippen molar-refractivity contribution >= 4 is 28.5 Å². The zero-order valence-electron chi connectivity index (χ0n) is 16.2. The number of halogens is 1. The van der Waals surface area contributed by atoms with Gasteiger partial charge >= 0.3 is 0 Å². The third kappa shape index (κ3) is 3.84. The Kier molecular flexibility index (Phi) is 5.28. The number of hydrogen-bond donors (Lipinski definition) is 1. The van der Waals surface area contributed by atoms with Gasteiger partial charge in [-0.2, -0.15) is 0 Å². The van der Waals surface area contributed by atoms with Crippen molar-refractivity contribution in [3.8, 4) is 16.9 Å². The van der Waals surface area contributed by atoms with Gasteiger partial charge in [-0.25, -0.2) is 0 Å². The number of furan rings is 1. The van der Waals surface area contributed by atoms with Crippen LogP contribution in [0.25, 0.3) is 22.1 Å². The van der Waals surface area contributed by atoms with Crippen molar-refractivity contribution in [3.05, 3.63) is 88.6 Å². The molecule has 0 fully saturated rings. The van der Waals surface area contributed by atoms with Gasteiger partial charge < -0.3 is 14.5 Å². The van der Waals surface area contributed by atoms with E-state index in [9.17, 15) is 4.79 Å². The lowest BCUT2D eigenvalue weighted by Gasteiger charge is -2.08. The Labute approximate surface area is 174 Å². The van der Waals surface area contributed by atoms with Crippen LogP contribution in [-0.4, -0.2) is 13.0 Å². The molecule has 29 heavy (non-hydrogen) atoms. The molecule has 0 spiro atoms. The Bertz CT molecular complexity index is 1200. The summed E-state index contributed by atoms with van der Waals surface area (Å²) in [6.45, 7) is 2.42. The van der Waals surface area contributed by atoms with Gasteiger partial charge in [0.15, 0.2) is 0 Å². The number of hydrogen-bond acceptors (Lipinski definition) is 3. The van der Waals surface area contributed by atoms with Crippen LogP contribution in [0.4, 0.5) is 0 Å². The van der Waals surface area contributed by atoms with E-state index in [1.54, 1.807) is 25.5 Å². The van der Waals surface area contributed by atoms with E-state index >= 15 is 0 Å². The molecule has 4 aromatic rings. The average molecular weight is 406 g/mol. The molecule has 0 radical (unpaired) electrons. The Morgan fingerprint density at radius 1 is 1.07 bits per heavy atom. The molecule has 1 amide bonds. The maximum Gasteiger partial charge on any atom is 0.255 e. The summed E-state index contributed by atoms with van der Waals surface area (Å²) < 4.78 is 11.1. The standard InChI is InChI=1S/C24H20ClNO3/c1-15-11-18(28-2)9-10-19(15)22-14-29-23-20(22)7-4-8-21(23)24(27)26-13-16-5-3-6-17(25)12-16/h3-12,14H,13H2,1-2H3,(H,26,27). The number of carbonyl (C=O) groups is 1. The van der Waals surface area contributed by atoms with Crippen LogP contribution >= 0.6 is 11.6 Å². The van der Waals surface area contributed by atoms with Gasteiger partial charge in [-0.1, -0.05) is 41.9 Å². The van der Waals surface area contributed by atoms with E-state index in [2.05, 4.69) is 5.32 Å². The summed E-state index contributed by atoms with van der Waals surface area (Å²) in [5, 5.41) is 4.48. The highest BCUT2D eigenvalue weighted by atomic mass is 35.5. The van der Waals surface area contributed by atoms with Crippen molar-refractivity contribution in [2.75, 3.05) is 7.11 Å². The van der Waals surface area contributed by atoms with Gasteiger partial charge in [0.2, 0.25) is 0 Å². The molecule has 1 heterocycles. The summed E-state index contributed by atoms with van der Waals surface area (Å²) in [6.07, 6.45) is 1.70. The molecule has 3 aromatic carbocycles. The van der Waals surface area contributed by atoms with Gasteiger partial charge in [-0.3, -0.25) is 4.79 Å². The molecule has 4 rings (SSSR count). The second-order valence-corrected chi connectivity index (χ2v) is 7.26. The normalized spacial score (nSPS) is 10.9. The van der Waals surface area contributed by atoms with Crippen LogP contribution in [-0.2, 0) is 6.54 Å². The van der Waals surface area contributed by atoms with Gasteiger partial charge in [0.25, 0.3) is 5.91 Å². The van der Waals surface area contributed by atoms with Gasteiger partial charge in [0.05, 0.1) is 18.9 Å². The summed E-state index contributed by atoms with van der Waals surface area (Å²) in [5.41, 5.74) is 5.07. The second kappa shape index (κ2) is 8.02. The fourth-order valence-electron chi connectivity index (χ4n) is 3.43. The van der Waals surface area contributed by atoms with Crippen LogP contribution < -0.4 is 10.1 Å². The first-order valence-corrected chi connectivity index (χ1v) is 9.62. The van der Waals surface area contributed by atoms with E-state index in [4.69, 9.17) is 20.8 Å². The molecule has 0 aliphatic carbocycles. The quantitative estimate of drug-likeness (QED) is 0.443. The molecule has 4 nitrogen and oxygen atoms in total. The van der Waals surface area contributed by atoms with Crippen LogP contribution in [0.3, 0.4) is 0 Å². The van der Waals surface area contributed by atoms with Crippen LogP contribution in [0, 0.1) is 6.92 Å². The summed E-state index contributed by atoms with van der Waals surface area (Å²) >= 11 is 6.01. The number of methoxy groups -OCH3 is 1.